The van der Waals surface area contributed by atoms with Crippen LogP contribution in [0.4, 0.5) is 17.1 Å². The number of anilines is 1. The first-order valence-electron chi connectivity index (χ1n) is 8.52. The van der Waals surface area contributed by atoms with E-state index in [1.165, 1.54) is 25.5 Å². The SMILES string of the molecule is COC(=O)c1cc(N=Cc2ccc(Cl)c([N+](=O)[O-])c2)ccc1N1CCOCC1. The first-order chi connectivity index (χ1) is 13.5. The Morgan fingerprint density at radius 2 is 2.04 bits per heavy atom. The largest absolute Gasteiger partial charge is 0.465 e. The van der Waals surface area contributed by atoms with Gasteiger partial charge in [0.15, 0.2) is 0 Å². The number of nitrogens with zero attached hydrogens (tertiary/aromatic N) is 3. The van der Waals surface area contributed by atoms with Crippen molar-refractivity contribution in [3.63, 3.8) is 0 Å². The number of halogens is 1. The second-order valence-corrected chi connectivity index (χ2v) is 6.43. The van der Waals surface area contributed by atoms with Crippen molar-refractivity contribution < 1.29 is 19.2 Å². The molecule has 3 rings (SSSR count). The van der Waals surface area contributed by atoms with Crippen molar-refractivity contribution in [3.8, 4) is 0 Å². The number of nitro groups is 1. The number of carbonyl (C=O) groups is 1. The van der Waals surface area contributed by atoms with Crippen LogP contribution in [0.2, 0.25) is 5.02 Å². The molecule has 8 nitrogen and oxygen atoms in total. The first-order valence-corrected chi connectivity index (χ1v) is 8.90. The van der Waals surface area contributed by atoms with Crippen molar-refractivity contribution in [2.75, 3.05) is 38.3 Å². The number of methoxy groups -OCH3 is 1. The van der Waals surface area contributed by atoms with E-state index in [0.29, 0.717) is 43.1 Å². The Hall–Kier alpha value is -2.97. The Balaban J connectivity index is 1.90. The number of carbonyl (C=O) groups excluding carboxylic acids is 1. The fraction of sp³-hybridized carbons (Fsp3) is 0.263. The number of aliphatic imine (C=N–C) groups is 1. The van der Waals surface area contributed by atoms with E-state index in [1.807, 2.05) is 6.07 Å². The highest BCUT2D eigenvalue weighted by molar-refractivity contribution is 6.32. The van der Waals surface area contributed by atoms with E-state index in [9.17, 15) is 14.9 Å². The second kappa shape index (κ2) is 8.81. The number of esters is 1. The maximum absolute atomic E-state index is 12.2. The number of nitro benzene ring substituents is 1. The van der Waals surface area contributed by atoms with Crippen molar-refractivity contribution in [1.82, 2.24) is 0 Å². The number of hydrogen-bond acceptors (Lipinski definition) is 7. The van der Waals surface area contributed by atoms with Gasteiger partial charge in [-0.15, -0.1) is 0 Å². The van der Waals surface area contributed by atoms with Crippen LogP contribution in [-0.2, 0) is 9.47 Å². The molecular formula is C19H18ClN3O5. The number of morpholine rings is 1. The second-order valence-electron chi connectivity index (χ2n) is 6.02. The lowest BCUT2D eigenvalue weighted by Crippen LogP contribution is -2.37. The van der Waals surface area contributed by atoms with Gasteiger partial charge >= 0.3 is 5.97 Å². The summed E-state index contributed by atoms with van der Waals surface area (Å²) < 4.78 is 10.3. The summed E-state index contributed by atoms with van der Waals surface area (Å²) in [5.74, 6) is -0.458. The quantitative estimate of drug-likeness (QED) is 0.327. The molecule has 0 spiro atoms. The van der Waals surface area contributed by atoms with Crippen LogP contribution in [0.15, 0.2) is 41.4 Å². The van der Waals surface area contributed by atoms with Crippen molar-refractivity contribution in [2.24, 2.45) is 4.99 Å². The molecule has 0 atom stereocenters. The molecule has 0 unspecified atom stereocenters. The predicted molar refractivity (Wildman–Crippen MR) is 106 cm³/mol. The molecule has 1 aliphatic heterocycles. The normalized spacial score (nSPS) is 14.3. The minimum atomic E-state index is -0.549. The summed E-state index contributed by atoms with van der Waals surface area (Å²) in [4.78, 5) is 29.1. The summed E-state index contributed by atoms with van der Waals surface area (Å²) in [7, 11) is 1.33. The van der Waals surface area contributed by atoms with E-state index in [2.05, 4.69) is 9.89 Å². The number of rotatable bonds is 5. The lowest BCUT2D eigenvalue weighted by molar-refractivity contribution is -0.384. The van der Waals surface area contributed by atoms with Gasteiger partial charge in [-0.25, -0.2) is 4.79 Å². The Labute approximate surface area is 166 Å². The molecule has 0 aromatic heterocycles. The van der Waals surface area contributed by atoms with Gasteiger partial charge < -0.3 is 14.4 Å². The lowest BCUT2D eigenvalue weighted by atomic mass is 10.1. The van der Waals surface area contributed by atoms with Gasteiger partial charge in [-0.1, -0.05) is 17.7 Å². The standard InChI is InChI=1S/C19H18ClN3O5/c1-27-19(24)15-11-14(3-5-17(15)22-6-8-28-9-7-22)21-12-13-2-4-16(20)18(10-13)23(25)26/h2-5,10-12H,6-9H2,1H3. The summed E-state index contributed by atoms with van der Waals surface area (Å²) >= 11 is 5.82. The maximum Gasteiger partial charge on any atom is 0.340 e. The van der Waals surface area contributed by atoms with Crippen LogP contribution in [-0.4, -0.2) is 50.5 Å². The molecule has 1 heterocycles. The van der Waals surface area contributed by atoms with Crippen LogP contribution in [0, 0.1) is 10.1 Å². The number of hydrogen-bond donors (Lipinski definition) is 0. The van der Waals surface area contributed by atoms with Crippen LogP contribution in [0.3, 0.4) is 0 Å². The number of benzene rings is 2. The van der Waals surface area contributed by atoms with Gasteiger partial charge in [0.05, 0.1) is 42.2 Å². The molecule has 0 aliphatic carbocycles. The molecule has 0 saturated carbocycles. The zero-order chi connectivity index (χ0) is 20.1. The maximum atomic E-state index is 12.2. The van der Waals surface area contributed by atoms with E-state index in [4.69, 9.17) is 21.1 Å². The summed E-state index contributed by atoms with van der Waals surface area (Å²) in [5, 5.41) is 11.1. The molecule has 28 heavy (non-hydrogen) atoms. The van der Waals surface area contributed by atoms with E-state index >= 15 is 0 Å². The molecule has 9 heteroatoms. The third-order valence-electron chi connectivity index (χ3n) is 4.27. The fourth-order valence-electron chi connectivity index (χ4n) is 2.86. The van der Waals surface area contributed by atoms with Crippen molar-refractivity contribution in [2.45, 2.75) is 0 Å². The lowest BCUT2D eigenvalue weighted by Gasteiger charge is -2.30. The van der Waals surface area contributed by atoms with E-state index < -0.39 is 10.9 Å². The Morgan fingerprint density at radius 1 is 1.29 bits per heavy atom. The molecule has 0 radical (unpaired) electrons. The van der Waals surface area contributed by atoms with Gasteiger partial charge in [0.1, 0.15) is 5.02 Å². The van der Waals surface area contributed by atoms with E-state index in [0.717, 1.165) is 5.69 Å². The van der Waals surface area contributed by atoms with Gasteiger partial charge in [-0.3, -0.25) is 15.1 Å². The molecule has 1 saturated heterocycles. The van der Waals surface area contributed by atoms with Crippen LogP contribution in [0.1, 0.15) is 15.9 Å². The molecule has 0 bridgehead atoms. The zero-order valence-electron chi connectivity index (χ0n) is 15.1. The average molecular weight is 404 g/mol. The Kier molecular flexibility index (Phi) is 6.23. The molecule has 1 aliphatic rings. The minimum Gasteiger partial charge on any atom is -0.465 e. The third kappa shape index (κ3) is 4.47. The van der Waals surface area contributed by atoms with Gasteiger partial charge in [-0.05, 0) is 29.8 Å². The van der Waals surface area contributed by atoms with Crippen LogP contribution in [0.25, 0.3) is 0 Å². The molecule has 1 fully saturated rings. The highest BCUT2D eigenvalue weighted by Gasteiger charge is 2.20. The van der Waals surface area contributed by atoms with Gasteiger partial charge in [0.2, 0.25) is 0 Å². The highest BCUT2D eigenvalue weighted by atomic mass is 35.5. The monoisotopic (exact) mass is 403 g/mol. The third-order valence-corrected chi connectivity index (χ3v) is 4.59. The van der Waals surface area contributed by atoms with E-state index in [1.54, 1.807) is 18.2 Å². The van der Waals surface area contributed by atoms with Crippen molar-refractivity contribution in [3.05, 3.63) is 62.7 Å². The molecule has 0 amide bonds. The fourth-order valence-corrected chi connectivity index (χ4v) is 3.04. The van der Waals surface area contributed by atoms with Gasteiger partial charge in [-0.2, -0.15) is 0 Å². The van der Waals surface area contributed by atoms with Gasteiger partial charge in [0.25, 0.3) is 5.69 Å². The molecular weight excluding hydrogens is 386 g/mol. The zero-order valence-corrected chi connectivity index (χ0v) is 15.9. The molecule has 2 aromatic rings. The smallest absolute Gasteiger partial charge is 0.340 e. The molecule has 0 N–H and O–H groups in total. The van der Waals surface area contributed by atoms with E-state index in [-0.39, 0.29) is 10.7 Å². The summed E-state index contributed by atoms with van der Waals surface area (Å²) in [6.45, 7) is 2.55. The topological polar surface area (TPSA) is 94.3 Å². The predicted octanol–water partition coefficient (Wildman–Crippen LogP) is 3.62. The van der Waals surface area contributed by atoms with Gasteiger partial charge in [0, 0.05) is 25.4 Å². The Morgan fingerprint density at radius 3 is 2.71 bits per heavy atom. The van der Waals surface area contributed by atoms with Crippen LogP contribution >= 0.6 is 11.6 Å². The Bertz CT molecular complexity index is 926. The van der Waals surface area contributed by atoms with Crippen LogP contribution < -0.4 is 4.90 Å². The van der Waals surface area contributed by atoms with Crippen molar-refractivity contribution >= 4 is 40.8 Å². The first kappa shape index (κ1) is 19.8. The van der Waals surface area contributed by atoms with Crippen LogP contribution in [0.5, 0.6) is 0 Å². The number of ether oxygens (including phenoxy) is 2. The molecule has 146 valence electrons. The van der Waals surface area contributed by atoms with Crippen molar-refractivity contribution in [1.29, 1.82) is 0 Å². The minimum absolute atomic E-state index is 0.0602. The summed E-state index contributed by atoms with van der Waals surface area (Å²) in [5.41, 5.74) is 2.02. The summed E-state index contributed by atoms with van der Waals surface area (Å²) in [6.07, 6.45) is 1.48. The molecule has 2 aromatic carbocycles. The summed E-state index contributed by atoms with van der Waals surface area (Å²) in [6, 6.07) is 9.64. The highest BCUT2D eigenvalue weighted by Crippen LogP contribution is 2.28. The average Bonchev–Trinajstić information content (AvgIpc) is 2.72.